The van der Waals surface area contributed by atoms with Crippen LogP contribution in [0.1, 0.15) is 38.5 Å². The number of imide groups is 1. The van der Waals surface area contributed by atoms with E-state index in [1.54, 1.807) is 12.1 Å². The number of nitrogens with zero attached hydrogens (tertiary/aromatic N) is 4. The van der Waals surface area contributed by atoms with Crippen LogP contribution in [-0.4, -0.2) is 74.4 Å². The van der Waals surface area contributed by atoms with E-state index < -0.39 is 47.8 Å². The number of hydroxylamine groups is 2. The van der Waals surface area contributed by atoms with Crippen molar-refractivity contribution < 1.29 is 49.6 Å². The van der Waals surface area contributed by atoms with E-state index in [9.17, 15) is 40.3 Å². The van der Waals surface area contributed by atoms with Gasteiger partial charge in [0.2, 0.25) is 0 Å². The average Bonchev–Trinajstić information content (AvgIpc) is 3.34. The highest BCUT2D eigenvalue weighted by molar-refractivity contribution is 7.86. The highest BCUT2D eigenvalue weighted by atomic mass is 32.2. The van der Waals surface area contributed by atoms with Crippen molar-refractivity contribution in [3.63, 3.8) is 0 Å². The van der Waals surface area contributed by atoms with Gasteiger partial charge < -0.3 is 14.2 Å². The van der Waals surface area contributed by atoms with Gasteiger partial charge in [0.05, 0.1) is 5.36 Å². The second kappa shape index (κ2) is 12.8. The molecule has 2 heterocycles. The molecular weight excluding hydrogens is 681 g/mol. The molecule has 1 fully saturated rings. The molecule has 2 aliphatic heterocycles. The van der Waals surface area contributed by atoms with Crippen LogP contribution in [0, 0.1) is 0 Å². The molecule has 3 aliphatic rings. The van der Waals surface area contributed by atoms with Crippen molar-refractivity contribution in [1.82, 2.24) is 10.0 Å². The standard InChI is InChI=1S/C32H30N4O11S2/c1-35(2)18-10-11-22-24(15-18)46-25-17-23(33-14-5-3-4-9-29(39)47-36-27(37)12-13-28(36)38)30-21(31(25)34-22)16-20-19(32(30)49(43,44)45)7-6-8-26(20)48(40,41)42/h6-8,10-11,15-17H,3-5,9,12-14H2,1-2H3,(H,40,41,42)(H,43,44,45)/b33-23-. The molecule has 3 aromatic rings. The third-order valence-corrected chi connectivity index (χ3v) is 9.93. The maximum Gasteiger partial charge on any atom is 0.333 e. The van der Waals surface area contributed by atoms with E-state index in [2.05, 4.69) is 4.99 Å². The van der Waals surface area contributed by atoms with Crippen LogP contribution >= 0.6 is 0 Å². The number of fused-ring (bicyclic) bond motifs is 5. The fourth-order valence-corrected chi connectivity index (χ4v) is 7.40. The van der Waals surface area contributed by atoms with Crippen LogP contribution in [-0.2, 0) is 39.5 Å². The SMILES string of the molecule is CN(C)c1ccc2nc3c4cc5c(S(=O)(=O)O)cccc5c(S(=O)(=O)O)c4/c(=N\CCCCCC(=O)ON4C(=O)CCC4=O)cc-3oc2c1. The fraction of sp³-hybridized carbons (Fsp3) is 0.281. The van der Waals surface area contributed by atoms with Crippen LogP contribution in [0.5, 0.6) is 0 Å². The monoisotopic (exact) mass is 710 g/mol. The predicted octanol–water partition coefficient (Wildman–Crippen LogP) is 3.87. The summed E-state index contributed by atoms with van der Waals surface area (Å²) in [6.07, 6.45) is 1.17. The van der Waals surface area contributed by atoms with E-state index in [4.69, 9.17) is 14.2 Å². The first kappa shape index (κ1) is 33.9. The smallest absolute Gasteiger partial charge is 0.333 e. The van der Waals surface area contributed by atoms with Gasteiger partial charge in [-0.05, 0) is 37.1 Å². The molecule has 0 aromatic heterocycles. The van der Waals surface area contributed by atoms with Gasteiger partial charge in [-0.15, -0.1) is 5.06 Å². The van der Waals surface area contributed by atoms with Gasteiger partial charge in [-0.3, -0.25) is 23.7 Å². The summed E-state index contributed by atoms with van der Waals surface area (Å²) in [7, 11) is -6.16. The summed E-state index contributed by atoms with van der Waals surface area (Å²) in [5.41, 5.74) is 1.80. The zero-order valence-electron chi connectivity index (χ0n) is 26.2. The van der Waals surface area contributed by atoms with E-state index in [-0.39, 0.29) is 64.2 Å². The maximum absolute atomic E-state index is 13.0. The van der Waals surface area contributed by atoms with Gasteiger partial charge in [0.15, 0.2) is 11.3 Å². The maximum atomic E-state index is 13.0. The summed E-state index contributed by atoms with van der Waals surface area (Å²) in [5, 5.41) is 0.324. The topological polar surface area (TPSA) is 214 Å². The molecule has 1 saturated heterocycles. The van der Waals surface area contributed by atoms with Gasteiger partial charge in [0.1, 0.15) is 21.0 Å². The number of hydrogen-bond acceptors (Lipinski definition) is 12. The molecule has 0 spiro atoms. The van der Waals surface area contributed by atoms with Gasteiger partial charge in [-0.1, -0.05) is 18.6 Å². The summed E-state index contributed by atoms with van der Waals surface area (Å²) >= 11 is 0. The van der Waals surface area contributed by atoms with Crippen molar-refractivity contribution >= 4 is 76.4 Å². The Bertz CT molecular complexity index is 2440. The highest BCUT2D eigenvalue weighted by Gasteiger charge is 2.32. The van der Waals surface area contributed by atoms with Gasteiger partial charge >= 0.3 is 5.97 Å². The Morgan fingerprint density at radius 2 is 1.67 bits per heavy atom. The first-order valence-corrected chi connectivity index (χ1v) is 18.0. The molecule has 0 unspecified atom stereocenters. The lowest BCUT2D eigenvalue weighted by atomic mass is 9.99. The Morgan fingerprint density at radius 3 is 2.35 bits per heavy atom. The van der Waals surface area contributed by atoms with Crippen molar-refractivity contribution in [3.05, 3.63) is 53.9 Å². The molecule has 49 heavy (non-hydrogen) atoms. The predicted molar refractivity (Wildman–Crippen MR) is 176 cm³/mol. The molecule has 0 saturated carbocycles. The molecule has 1 aliphatic carbocycles. The van der Waals surface area contributed by atoms with Crippen molar-refractivity contribution in [3.8, 4) is 11.5 Å². The number of rotatable bonds is 10. The summed E-state index contributed by atoms with van der Waals surface area (Å²) < 4.78 is 77.5. The molecule has 17 heteroatoms. The van der Waals surface area contributed by atoms with E-state index >= 15 is 0 Å². The number of benzene rings is 4. The van der Waals surface area contributed by atoms with Crippen molar-refractivity contribution in [2.75, 3.05) is 25.5 Å². The molecule has 2 amide bonds. The lowest BCUT2D eigenvalue weighted by Crippen LogP contribution is -2.31. The Hall–Kier alpha value is -4.97. The minimum Gasteiger partial charge on any atom is -0.453 e. The summed E-state index contributed by atoms with van der Waals surface area (Å²) in [5.74, 6) is -1.68. The summed E-state index contributed by atoms with van der Waals surface area (Å²) in [4.78, 5) is 50.4. The van der Waals surface area contributed by atoms with E-state index in [0.29, 0.717) is 35.4 Å². The van der Waals surface area contributed by atoms with Crippen molar-refractivity contribution in [2.24, 2.45) is 4.99 Å². The first-order chi connectivity index (χ1) is 23.1. The number of amides is 2. The number of aromatic nitrogens is 1. The molecule has 0 radical (unpaired) electrons. The van der Waals surface area contributed by atoms with Crippen LogP contribution in [0.3, 0.4) is 0 Å². The molecule has 2 N–H and O–H groups in total. The van der Waals surface area contributed by atoms with Crippen LogP contribution in [0.15, 0.2) is 67.7 Å². The van der Waals surface area contributed by atoms with Gasteiger partial charge in [0.25, 0.3) is 32.1 Å². The Balaban J connectivity index is 1.45. The van der Waals surface area contributed by atoms with E-state index in [1.165, 1.54) is 24.3 Å². The zero-order valence-corrected chi connectivity index (χ0v) is 27.9. The zero-order chi connectivity index (χ0) is 35.2. The third-order valence-electron chi connectivity index (χ3n) is 8.08. The van der Waals surface area contributed by atoms with Crippen LogP contribution in [0.2, 0.25) is 0 Å². The molecule has 0 atom stereocenters. The average molecular weight is 711 g/mol. The fourth-order valence-electron chi connectivity index (χ4n) is 5.77. The van der Waals surface area contributed by atoms with Gasteiger partial charge in [-0.25, -0.2) is 9.78 Å². The minimum atomic E-state index is -5.04. The van der Waals surface area contributed by atoms with E-state index in [1.807, 2.05) is 25.1 Å². The summed E-state index contributed by atoms with van der Waals surface area (Å²) in [6.45, 7) is 0.137. The van der Waals surface area contributed by atoms with Gasteiger partial charge in [-0.2, -0.15) is 16.8 Å². The normalized spacial score (nSPS) is 14.5. The van der Waals surface area contributed by atoms with Gasteiger partial charge in [0, 0.05) is 79.3 Å². The number of hydrogen-bond donors (Lipinski definition) is 2. The first-order valence-electron chi connectivity index (χ1n) is 15.1. The van der Waals surface area contributed by atoms with Crippen molar-refractivity contribution in [2.45, 2.75) is 48.3 Å². The largest absolute Gasteiger partial charge is 0.453 e. The van der Waals surface area contributed by atoms with Crippen molar-refractivity contribution in [1.29, 1.82) is 0 Å². The Labute approximate surface area is 279 Å². The second-order valence-electron chi connectivity index (χ2n) is 11.7. The quantitative estimate of drug-likeness (QED) is 0.0693. The lowest BCUT2D eigenvalue weighted by molar-refractivity contribution is -0.197. The minimum absolute atomic E-state index is 0.00938. The molecule has 6 rings (SSSR count). The molecule has 256 valence electrons. The molecule has 3 aromatic carbocycles. The lowest BCUT2D eigenvalue weighted by Gasteiger charge is -2.17. The van der Waals surface area contributed by atoms with Crippen LogP contribution in [0.4, 0.5) is 5.69 Å². The van der Waals surface area contributed by atoms with E-state index in [0.717, 1.165) is 11.8 Å². The second-order valence-corrected chi connectivity index (χ2v) is 14.4. The molecule has 0 bridgehead atoms. The molecule has 15 nitrogen and oxygen atoms in total. The highest BCUT2D eigenvalue weighted by Crippen LogP contribution is 2.39. The Morgan fingerprint density at radius 1 is 0.939 bits per heavy atom. The number of anilines is 1. The van der Waals surface area contributed by atoms with Crippen LogP contribution < -0.4 is 10.3 Å². The number of unbranched alkanes of at least 4 members (excludes halogenated alkanes) is 2. The summed E-state index contributed by atoms with van der Waals surface area (Å²) in [6, 6.07) is 11.8. The molecular formula is C32H30N4O11S2. The number of carbonyl (C=O) groups is 3. The third kappa shape index (κ3) is 6.69. The Kier molecular flexibility index (Phi) is 8.87. The van der Waals surface area contributed by atoms with Crippen LogP contribution in [0.25, 0.3) is 44.1 Å². The number of carbonyl (C=O) groups excluding carboxylic acids is 3.